The lowest BCUT2D eigenvalue weighted by Gasteiger charge is -2.07. The molecule has 0 aliphatic carbocycles. The topological polar surface area (TPSA) is 56.5 Å². The SMILES string of the molecule is COc1ccc(-c2nc3sc4ccccc4n3c2C(=O)c2ccc3ccccc3n2)cc1. The normalized spacial score (nSPS) is 11.4. The molecule has 0 radical (unpaired) electrons. The quantitative estimate of drug-likeness (QED) is 0.319. The summed E-state index contributed by atoms with van der Waals surface area (Å²) < 4.78 is 8.33. The largest absolute Gasteiger partial charge is 0.497 e. The number of rotatable bonds is 4. The molecule has 0 amide bonds. The molecule has 0 atom stereocenters. The number of benzene rings is 3. The lowest BCUT2D eigenvalue weighted by molar-refractivity contribution is 0.103. The summed E-state index contributed by atoms with van der Waals surface area (Å²) in [6.45, 7) is 0. The highest BCUT2D eigenvalue weighted by Crippen LogP contribution is 2.34. The maximum atomic E-state index is 13.9. The molecule has 0 N–H and O–H groups in total. The fourth-order valence-corrected chi connectivity index (χ4v) is 5.02. The number of pyridine rings is 1. The maximum absolute atomic E-state index is 13.9. The number of methoxy groups -OCH3 is 1. The maximum Gasteiger partial charge on any atom is 0.230 e. The molecule has 0 aliphatic rings. The second kappa shape index (κ2) is 7.28. The standard InChI is InChI=1S/C26H17N3O2S/c1-31-18-13-10-17(11-14-18)23-24(29-21-8-4-5-9-22(21)32-26(29)28-23)25(30)20-15-12-16-6-2-3-7-19(16)27-20/h2-15H,1H3. The summed E-state index contributed by atoms with van der Waals surface area (Å²) in [5.41, 5.74) is 4.17. The molecule has 6 heteroatoms. The number of aromatic nitrogens is 3. The number of para-hydroxylation sites is 2. The lowest BCUT2D eigenvalue weighted by Crippen LogP contribution is -2.09. The van der Waals surface area contributed by atoms with Crippen molar-refractivity contribution in [1.29, 1.82) is 0 Å². The fourth-order valence-electron chi connectivity index (χ4n) is 3.99. The fraction of sp³-hybridized carbons (Fsp3) is 0.0385. The van der Waals surface area contributed by atoms with Crippen LogP contribution in [0.1, 0.15) is 16.2 Å². The molecule has 0 bridgehead atoms. The Morgan fingerprint density at radius 2 is 1.66 bits per heavy atom. The lowest BCUT2D eigenvalue weighted by atomic mass is 10.0. The molecule has 0 fully saturated rings. The monoisotopic (exact) mass is 435 g/mol. The summed E-state index contributed by atoms with van der Waals surface area (Å²) in [4.78, 5) is 24.2. The molecule has 6 aromatic rings. The summed E-state index contributed by atoms with van der Waals surface area (Å²) in [6, 6.07) is 27.2. The second-order valence-electron chi connectivity index (χ2n) is 7.44. The van der Waals surface area contributed by atoms with Gasteiger partial charge in [-0.05, 0) is 48.5 Å². The van der Waals surface area contributed by atoms with Gasteiger partial charge in [0.1, 0.15) is 22.8 Å². The van der Waals surface area contributed by atoms with E-state index in [1.54, 1.807) is 24.5 Å². The minimum absolute atomic E-state index is 0.155. The third-order valence-electron chi connectivity index (χ3n) is 5.56. The van der Waals surface area contributed by atoms with E-state index in [0.29, 0.717) is 17.1 Å². The van der Waals surface area contributed by atoms with Gasteiger partial charge < -0.3 is 4.74 Å². The number of carbonyl (C=O) groups is 1. The van der Waals surface area contributed by atoms with Crippen LogP contribution < -0.4 is 4.74 Å². The first kappa shape index (κ1) is 18.7. The summed E-state index contributed by atoms with van der Waals surface area (Å²) in [7, 11) is 1.63. The number of carbonyl (C=O) groups excluding carboxylic acids is 1. The van der Waals surface area contributed by atoms with E-state index in [2.05, 4.69) is 4.98 Å². The van der Waals surface area contributed by atoms with E-state index in [0.717, 1.165) is 37.4 Å². The van der Waals surface area contributed by atoms with Crippen LogP contribution in [0.15, 0.2) is 84.9 Å². The van der Waals surface area contributed by atoms with Crippen molar-refractivity contribution >= 4 is 43.2 Å². The zero-order chi connectivity index (χ0) is 21.7. The van der Waals surface area contributed by atoms with Gasteiger partial charge in [-0.25, -0.2) is 9.97 Å². The molecule has 0 saturated carbocycles. The summed E-state index contributed by atoms with van der Waals surface area (Å²) in [5.74, 6) is 0.599. The van der Waals surface area contributed by atoms with Crippen LogP contribution in [0.25, 0.3) is 37.3 Å². The zero-order valence-corrected chi connectivity index (χ0v) is 18.0. The van der Waals surface area contributed by atoms with Crippen molar-refractivity contribution < 1.29 is 9.53 Å². The number of thiazole rings is 1. The number of imidazole rings is 1. The number of hydrogen-bond acceptors (Lipinski definition) is 5. The van der Waals surface area contributed by atoms with E-state index < -0.39 is 0 Å². The van der Waals surface area contributed by atoms with Crippen LogP contribution >= 0.6 is 11.3 Å². The van der Waals surface area contributed by atoms with Crippen LogP contribution in [0.5, 0.6) is 5.75 Å². The van der Waals surface area contributed by atoms with Gasteiger partial charge in [-0.15, -0.1) is 0 Å². The Bertz CT molecular complexity index is 1630. The van der Waals surface area contributed by atoms with Crippen molar-refractivity contribution in [3.8, 4) is 17.0 Å². The number of hydrogen-bond donors (Lipinski definition) is 0. The third-order valence-corrected chi connectivity index (χ3v) is 6.59. The Kier molecular flexibility index (Phi) is 4.26. The van der Waals surface area contributed by atoms with E-state index in [4.69, 9.17) is 9.72 Å². The number of ketones is 1. The predicted molar refractivity (Wildman–Crippen MR) is 128 cm³/mol. The molecule has 154 valence electrons. The third kappa shape index (κ3) is 2.88. The van der Waals surface area contributed by atoms with Crippen molar-refractivity contribution in [3.63, 3.8) is 0 Å². The number of nitrogens with zero attached hydrogens (tertiary/aromatic N) is 3. The van der Waals surface area contributed by atoms with Crippen LogP contribution in [0.4, 0.5) is 0 Å². The molecular weight excluding hydrogens is 418 g/mol. The number of fused-ring (bicyclic) bond motifs is 4. The second-order valence-corrected chi connectivity index (χ2v) is 8.45. The summed E-state index contributed by atoms with van der Waals surface area (Å²) in [6.07, 6.45) is 0. The van der Waals surface area contributed by atoms with Crippen LogP contribution in [-0.2, 0) is 0 Å². The molecule has 0 unspecified atom stereocenters. The Morgan fingerprint density at radius 1 is 0.875 bits per heavy atom. The van der Waals surface area contributed by atoms with Gasteiger partial charge in [0.2, 0.25) is 5.78 Å². The average Bonchev–Trinajstić information content (AvgIpc) is 3.39. The molecule has 32 heavy (non-hydrogen) atoms. The van der Waals surface area contributed by atoms with Crippen molar-refractivity contribution in [2.75, 3.05) is 7.11 Å². The first-order valence-electron chi connectivity index (χ1n) is 10.2. The van der Waals surface area contributed by atoms with Gasteiger partial charge in [-0.1, -0.05) is 47.7 Å². The van der Waals surface area contributed by atoms with Crippen LogP contribution in [0, 0.1) is 0 Å². The van der Waals surface area contributed by atoms with Crippen LogP contribution in [0.2, 0.25) is 0 Å². The van der Waals surface area contributed by atoms with Gasteiger partial charge >= 0.3 is 0 Å². The molecule has 6 rings (SSSR count). The van der Waals surface area contributed by atoms with Gasteiger partial charge in [-0.3, -0.25) is 9.20 Å². The Labute approximate surface area is 187 Å². The van der Waals surface area contributed by atoms with Crippen molar-refractivity contribution in [2.24, 2.45) is 0 Å². The Balaban J connectivity index is 1.61. The Hall–Kier alpha value is -4.03. The number of ether oxygens (including phenoxy) is 1. The molecule has 0 spiro atoms. The summed E-state index contributed by atoms with van der Waals surface area (Å²) >= 11 is 1.57. The van der Waals surface area contributed by atoms with Crippen LogP contribution in [0.3, 0.4) is 0 Å². The highest BCUT2D eigenvalue weighted by Gasteiger charge is 2.25. The Morgan fingerprint density at radius 3 is 2.50 bits per heavy atom. The molecule has 0 saturated heterocycles. The molecular formula is C26H17N3O2S. The first-order valence-corrected chi connectivity index (χ1v) is 11.0. The van der Waals surface area contributed by atoms with Crippen LogP contribution in [-0.4, -0.2) is 27.3 Å². The van der Waals surface area contributed by atoms with Crippen molar-refractivity contribution in [1.82, 2.24) is 14.4 Å². The van der Waals surface area contributed by atoms with Crippen molar-refractivity contribution in [2.45, 2.75) is 0 Å². The molecule has 0 aliphatic heterocycles. The summed E-state index contributed by atoms with van der Waals surface area (Å²) in [5, 5.41) is 0.999. The zero-order valence-electron chi connectivity index (χ0n) is 17.1. The van der Waals surface area contributed by atoms with Gasteiger partial charge in [0, 0.05) is 10.9 Å². The predicted octanol–water partition coefficient (Wildman–Crippen LogP) is 6.00. The van der Waals surface area contributed by atoms with E-state index >= 15 is 0 Å². The highest BCUT2D eigenvalue weighted by molar-refractivity contribution is 7.23. The average molecular weight is 436 g/mol. The smallest absolute Gasteiger partial charge is 0.230 e. The van der Waals surface area contributed by atoms with E-state index in [-0.39, 0.29) is 5.78 Å². The van der Waals surface area contributed by atoms with Gasteiger partial charge in [0.15, 0.2) is 4.96 Å². The molecule has 3 aromatic carbocycles. The molecule has 5 nitrogen and oxygen atoms in total. The van der Waals surface area contributed by atoms with E-state index in [1.807, 2.05) is 83.3 Å². The molecule has 3 aromatic heterocycles. The molecule has 3 heterocycles. The van der Waals surface area contributed by atoms with Gasteiger partial charge in [0.05, 0.1) is 22.8 Å². The van der Waals surface area contributed by atoms with E-state index in [1.165, 1.54) is 0 Å². The van der Waals surface area contributed by atoms with E-state index in [9.17, 15) is 4.79 Å². The van der Waals surface area contributed by atoms with Gasteiger partial charge in [0.25, 0.3) is 0 Å². The van der Waals surface area contributed by atoms with Crippen molar-refractivity contribution in [3.05, 3.63) is 96.3 Å². The first-order chi connectivity index (χ1) is 15.7. The minimum Gasteiger partial charge on any atom is -0.497 e. The van der Waals surface area contributed by atoms with Gasteiger partial charge in [-0.2, -0.15) is 0 Å². The minimum atomic E-state index is -0.155. The highest BCUT2D eigenvalue weighted by atomic mass is 32.1.